The van der Waals surface area contributed by atoms with Crippen LogP contribution in [0.25, 0.3) is 11.0 Å². The molecule has 104 valence electrons. The minimum Gasteiger partial charge on any atom is -0.323 e. The molecule has 0 atom stereocenters. The standard InChI is InChI=1S/C14H14Cl2N4/c1-19-8-10(7-17-19)9-20-13-6-11(16)2-3-12(13)18-14(20)4-5-15/h2-3,6-8H,4-5,9H2,1H3. The molecule has 0 saturated heterocycles. The van der Waals surface area contributed by atoms with Crippen molar-refractivity contribution in [3.05, 3.63) is 47.0 Å². The first-order chi connectivity index (χ1) is 9.67. The van der Waals surface area contributed by atoms with Crippen LogP contribution in [0, 0.1) is 0 Å². The van der Waals surface area contributed by atoms with Crippen LogP contribution in [0.15, 0.2) is 30.6 Å². The summed E-state index contributed by atoms with van der Waals surface area (Å²) in [5.41, 5.74) is 3.10. The largest absolute Gasteiger partial charge is 0.323 e. The van der Waals surface area contributed by atoms with E-state index in [-0.39, 0.29) is 0 Å². The Bertz CT molecular complexity index is 745. The fourth-order valence-electron chi connectivity index (χ4n) is 2.33. The Labute approximate surface area is 126 Å². The van der Waals surface area contributed by atoms with E-state index in [2.05, 4.69) is 14.6 Å². The molecule has 0 saturated carbocycles. The van der Waals surface area contributed by atoms with Crippen LogP contribution in [0.1, 0.15) is 11.4 Å². The van der Waals surface area contributed by atoms with Crippen LogP contribution in [-0.2, 0) is 20.0 Å². The van der Waals surface area contributed by atoms with E-state index in [1.165, 1.54) is 0 Å². The fraction of sp³-hybridized carbons (Fsp3) is 0.286. The summed E-state index contributed by atoms with van der Waals surface area (Å²) < 4.78 is 3.95. The first kappa shape index (κ1) is 13.5. The quantitative estimate of drug-likeness (QED) is 0.694. The van der Waals surface area contributed by atoms with Gasteiger partial charge in [0, 0.05) is 36.1 Å². The fourth-order valence-corrected chi connectivity index (χ4v) is 2.67. The summed E-state index contributed by atoms with van der Waals surface area (Å²) in [6.07, 6.45) is 4.59. The molecule has 0 radical (unpaired) electrons. The van der Waals surface area contributed by atoms with Gasteiger partial charge in [-0.2, -0.15) is 5.10 Å². The Morgan fingerprint density at radius 2 is 2.15 bits per heavy atom. The van der Waals surface area contributed by atoms with Crippen LogP contribution < -0.4 is 0 Å². The van der Waals surface area contributed by atoms with Crippen molar-refractivity contribution < 1.29 is 0 Å². The molecule has 1 aromatic carbocycles. The lowest BCUT2D eigenvalue weighted by Gasteiger charge is -2.07. The monoisotopic (exact) mass is 308 g/mol. The first-order valence-corrected chi connectivity index (χ1v) is 7.27. The zero-order valence-corrected chi connectivity index (χ0v) is 12.6. The molecule has 0 fully saturated rings. The Morgan fingerprint density at radius 3 is 2.85 bits per heavy atom. The molecule has 0 N–H and O–H groups in total. The average Bonchev–Trinajstić information content (AvgIpc) is 2.96. The molecular formula is C14H14Cl2N4. The molecule has 3 rings (SSSR count). The van der Waals surface area contributed by atoms with E-state index >= 15 is 0 Å². The number of aryl methyl sites for hydroxylation is 2. The van der Waals surface area contributed by atoms with Gasteiger partial charge in [-0.3, -0.25) is 4.68 Å². The summed E-state index contributed by atoms with van der Waals surface area (Å²) in [5, 5.41) is 4.91. The second-order valence-electron chi connectivity index (χ2n) is 4.71. The van der Waals surface area contributed by atoms with E-state index in [9.17, 15) is 0 Å². The number of halogens is 2. The molecule has 6 heteroatoms. The minimum atomic E-state index is 0.546. The Morgan fingerprint density at radius 1 is 1.30 bits per heavy atom. The highest BCUT2D eigenvalue weighted by Crippen LogP contribution is 2.22. The lowest BCUT2D eigenvalue weighted by molar-refractivity contribution is 0.747. The van der Waals surface area contributed by atoms with Crippen molar-refractivity contribution in [3.63, 3.8) is 0 Å². The summed E-state index contributed by atoms with van der Waals surface area (Å²) in [6.45, 7) is 0.719. The van der Waals surface area contributed by atoms with Crippen LogP contribution in [0.5, 0.6) is 0 Å². The van der Waals surface area contributed by atoms with Crippen molar-refractivity contribution in [2.24, 2.45) is 7.05 Å². The third-order valence-electron chi connectivity index (χ3n) is 3.21. The van der Waals surface area contributed by atoms with E-state index in [1.54, 1.807) is 4.68 Å². The van der Waals surface area contributed by atoms with Gasteiger partial charge in [0.2, 0.25) is 0 Å². The lowest BCUT2D eigenvalue weighted by atomic mass is 10.3. The van der Waals surface area contributed by atoms with Crippen LogP contribution in [0.2, 0.25) is 5.02 Å². The van der Waals surface area contributed by atoms with Gasteiger partial charge in [-0.1, -0.05) is 11.6 Å². The normalized spacial score (nSPS) is 11.3. The summed E-state index contributed by atoms with van der Waals surface area (Å²) >= 11 is 12.0. The predicted molar refractivity (Wildman–Crippen MR) is 81.5 cm³/mol. The van der Waals surface area contributed by atoms with Gasteiger partial charge in [0.15, 0.2) is 0 Å². The Hall–Kier alpha value is -1.52. The molecule has 0 amide bonds. The number of aromatic nitrogens is 4. The lowest BCUT2D eigenvalue weighted by Crippen LogP contribution is -2.05. The molecule has 0 spiro atoms. The molecule has 2 aromatic heterocycles. The van der Waals surface area contributed by atoms with Gasteiger partial charge < -0.3 is 4.57 Å². The summed E-state index contributed by atoms with van der Waals surface area (Å²) in [4.78, 5) is 4.64. The van der Waals surface area contributed by atoms with Gasteiger partial charge >= 0.3 is 0 Å². The first-order valence-electron chi connectivity index (χ1n) is 6.35. The van der Waals surface area contributed by atoms with Gasteiger partial charge in [-0.15, -0.1) is 11.6 Å². The van der Waals surface area contributed by atoms with Crippen molar-refractivity contribution in [2.45, 2.75) is 13.0 Å². The van der Waals surface area contributed by atoms with Gasteiger partial charge in [-0.25, -0.2) is 4.98 Å². The number of rotatable bonds is 4. The number of nitrogens with zero attached hydrogens (tertiary/aromatic N) is 4. The molecule has 2 heterocycles. The van der Waals surface area contributed by atoms with E-state index in [0.717, 1.165) is 35.4 Å². The highest BCUT2D eigenvalue weighted by Gasteiger charge is 2.12. The summed E-state index contributed by atoms with van der Waals surface area (Å²) in [6, 6.07) is 5.74. The maximum Gasteiger partial charge on any atom is 0.111 e. The van der Waals surface area contributed by atoms with E-state index in [1.807, 2.05) is 37.6 Å². The Balaban J connectivity index is 2.09. The molecule has 4 nitrogen and oxygen atoms in total. The number of benzene rings is 1. The van der Waals surface area contributed by atoms with Crippen LogP contribution in [0.4, 0.5) is 0 Å². The molecule has 0 aliphatic heterocycles. The maximum atomic E-state index is 6.10. The number of hydrogen-bond acceptors (Lipinski definition) is 2. The molecule has 3 aromatic rings. The number of fused-ring (bicyclic) bond motifs is 1. The van der Waals surface area contributed by atoms with E-state index < -0.39 is 0 Å². The van der Waals surface area contributed by atoms with Gasteiger partial charge in [0.1, 0.15) is 5.82 Å². The van der Waals surface area contributed by atoms with Crippen molar-refractivity contribution >= 4 is 34.2 Å². The van der Waals surface area contributed by atoms with Crippen molar-refractivity contribution in [1.82, 2.24) is 19.3 Å². The zero-order valence-electron chi connectivity index (χ0n) is 11.1. The maximum absolute atomic E-state index is 6.10. The van der Waals surface area contributed by atoms with Crippen molar-refractivity contribution in [3.8, 4) is 0 Å². The van der Waals surface area contributed by atoms with Gasteiger partial charge in [0.05, 0.1) is 23.8 Å². The van der Waals surface area contributed by atoms with Gasteiger partial charge in [0.25, 0.3) is 0 Å². The van der Waals surface area contributed by atoms with Crippen LogP contribution in [0.3, 0.4) is 0 Å². The highest BCUT2D eigenvalue weighted by molar-refractivity contribution is 6.31. The number of hydrogen-bond donors (Lipinski definition) is 0. The predicted octanol–water partition coefficient (Wildman–Crippen LogP) is 3.25. The molecule has 0 unspecified atom stereocenters. The van der Waals surface area contributed by atoms with Crippen LogP contribution in [-0.4, -0.2) is 25.2 Å². The molecule has 0 bridgehead atoms. The molecule has 0 aliphatic carbocycles. The third-order valence-corrected chi connectivity index (χ3v) is 3.63. The van der Waals surface area contributed by atoms with E-state index in [0.29, 0.717) is 10.9 Å². The third kappa shape index (κ3) is 2.53. The summed E-state index contributed by atoms with van der Waals surface area (Å²) in [5.74, 6) is 1.52. The van der Waals surface area contributed by atoms with E-state index in [4.69, 9.17) is 23.2 Å². The summed E-state index contributed by atoms with van der Waals surface area (Å²) in [7, 11) is 1.91. The minimum absolute atomic E-state index is 0.546. The molecule has 0 aliphatic rings. The number of imidazole rings is 1. The second-order valence-corrected chi connectivity index (χ2v) is 5.52. The molecular weight excluding hydrogens is 295 g/mol. The topological polar surface area (TPSA) is 35.6 Å². The van der Waals surface area contributed by atoms with Gasteiger partial charge in [-0.05, 0) is 18.2 Å². The van der Waals surface area contributed by atoms with Crippen molar-refractivity contribution in [1.29, 1.82) is 0 Å². The SMILES string of the molecule is Cn1cc(Cn2c(CCCl)nc3ccc(Cl)cc32)cn1. The zero-order chi connectivity index (χ0) is 14.1. The Kier molecular flexibility index (Phi) is 3.68. The second kappa shape index (κ2) is 5.46. The average molecular weight is 309 g/mol. The van der Waals surface area contributed by atoms with Crippen molar-refractivity contribution in [2.75, 3.05) is 5.88 Å². The highest BCUT2D eigenvalue weighted by atomic mass is 35.5. The molecule has 20 heavy (non-hydrogen) atoms. The smallest absolute Gasteiger partial charge is 0.111 e. The van der Waals surface area contributed by atoms with Crippen LogP contribution >= 0.6 is 23.2 Å². The number of alkyl halides is 1.